The predicted molar refractivity (Wildman–Crippen MR) is 82.6 cm³/mol. The van der Waals surface area contributed by atoms with Crippen LogP contribution < -0.4 is 0 Å². The minimum atomic E-state index is -0.421. The fourth-order valence-electron chi connectivity index (χ4n) is 2.04. The quantitative estimate of drug-likeness (QED) is 0.690. The molecule has 0 fully saturated rings. The van der Waals surface area contributed by atoms with E-state index in [9.17, 15) is 9.18 Å². The Morgan fingerprint density at radius 2 is 1.85 bits per heavy atom. The van der Waals surface area contributed by atoms with Crippen molar-refractivity contribution < 1.29 is 9.18 Å². The molecule has 0 N–H and O–H groups in total. The third kappa shape index (κ3) is 3.34. The van der Waals surface area contributed by atoms with Gasteiger partial charge in [0.15, 0.2) is 5.78 Å². The van der Waals surface area contributed by atoms with Crippen LogP contribution >= 0.6 is 15.9 Å². The van der Waals surface area contributed by atoms with Gasteiger partial charge in [-0.25, -0.2) is 4.39 Å². The van der Waals surface area contributed by atoms with Crippen LogP contribution in [0, 0.1) is 5.82 Å². The van der Waals surface area contributed by atoms with Crippen LogP contribution in [0.15, 0.2) is 46.9 Å². The number of ketones is 1. The molecule has 3 heteroatoms. The van der Waals surface area contributed by atoms with Crippen LogP contribution in [-0.4, -0.2) is 5.78 Å². The summed E-state index contributed by atoms with van der Waals surface area (Å²) in [5.74, 6) is -0.589. The first-order chi connectivity index (χ1) is 9.63. The summed E-state index contributed by atoms with van der Waals surface area (Å²) < 4.78 is 13.7. The second-order valence-electron chi connectivity index (χ2n) is 4.73. The molecule has 0 amide bonds. The molecule has 0 saturated heterocycles. The molecule has 2 aromatic rings. The van der Waals surface area contributed by atoms with Gasteiger partial charge in [0.2, 0.25) is 0 Å². The van der Waals surface area contributed by atoms with Crippen molar-refractivity contribution in [2.45, 2.75) is 26.2 Å². The average Bonchev–Trinajstić information content (AvgIpc) is 2.48. The first kappa shape index (κ1) is 14.9. The van der Waals surface area contributed by atoms with Crippen LogP contribution in [0.5, 0.6) is 0 Å². The number of carbonyl (C=O) groups is 1. The molecule has 0 spiro atoms. The maximum absolute atomic E-state index is 13.5. The molecule has 0 heterocycles. The molecule has 0 aliphatic heterocycles. The zero-order chi connectivity index (χ0) is 14.5. The summed E-state index contributed by atoms with van der Waals surface area (Å²) in [6.45, 7) is 2.15. The Labute approximate surface area is 127 Å². The van der Waals surface area contributed by atoms with Gasteiger partial charge in [-0.15, -0.1) is 0 Å². The van der Waals surface area contributed by atoms with Crippen LogP contribution in [0.3, 0.4) is 0 Å². The molecule has 2 aromatic carbocycles. The van der Waals surface area contributed by atoms with Gasteiger partial charge in [0.25, 0.3) is 0 Å². The van der Waals surface area contributed by atoms with E-state index in [1.54, 1.807) is 12.1 Å². The van der Waals surface area contributed by atoms with Gasteiger partial charge >= 0.3 is 0 Å². The van der Waals surface area contributed by atoms with E-state index in [4.69, 9.17) is 0 Å². The molecule has 2 rings (SSSR count). The largest absolute Gasteiger partial charge is 0.289 e. The van der Waals surface area contributed by atoms with E-state index in [1.807, 2.05) is 24.3 Å². The van der Waals surface area contributed by atoms with Crippen molar-refractivity contribution in [3.05, 3.63) is 69.4 Å². The molecule has 1 nitrogen and oxygen atoms in total. The lowest BCUT2D eigenvalue weighted by Crippen LogP contribution is -2.03. The molecular formula is C17H16BrFO. The van der Waals surface area contributed by atoms with Crippen LogP contribution in [-0.2, 0) is 6.42 Å². The Bertz CT molecular complexity index is 605. The summed E-state index contributed by atoms with van der Waals surface area (Å²) >= 11 is 3.13. The maximum atomic E-state index is 13.5. The minimum absolute atomic E-state index is 0.168. The average molecular weight is 335 g/mol. The summed E-state index contributed by atoms with van der Waals surface area (Å²) in [6.07, 6.45) is 3.31. The van der Waals surface area contributed by atoms with E-state index in [0.29, 0.717) is 11.1 Å². The van der Waals surface area contributed by atoms with Gasteiger partial charge in [0.05, 0.1) is 4.47 Å². The lowest BCUT2D eigenvalue weighted by Gasteiger charge is -2.06. The highest BCUT2D eigenvalue weighted by Gasteiger charge is 2.14. The highest BCUT2D eigenvalue weighted by molar-refractivity contribution is 9.10. The van der Waals surface area contributed by atoms with Crippen LogP contribution in [0.2, 0.25) is 0 Å². The minimum Gasteiger partial charge on any atom is -0.289 e. The van der Waals surface area contributed by atoms with Crippen molar-refractivity contribution in [2.24, 2.45) is 0 Å². The lowest BCUT2D eigenvalue weighted by atomic mass is 10.0. The monoisotopic (exact) mass is 334 g/mol. The smallest absolute Gasteiger partial charge is 0.194 e. The zero-order valence-corrected chi connectivity index (χ0v) is 12.9. The molecule has 0 aromatic heterocycles. The van der Waals surface area contributed by atoms with Gasteiger partial charge in [-0.3, -0.25) is 4.79 Å². The fourth-order valence-corrected chi connectivity index (χ4v) is 2.48. The van der Waals surface area contributed by atoms with Crippen molar-refractivity contribution in [3.8, 4) is 0 Å². The topological polar surface area (TPSA) is 17.1 Å². The Morgan fingerprint density at radius 3 is 2.50 bits per heavy atom. The molecule has 0 saturated carbocycles. The molecule has 0 atom stereocenters. The number of aryl methyl sites for hydroxylation is 1. The molecule has 0 unspecified atom stereocenters. The number of hydrogen-bond donors (Lipinski definition) is 0. The van der Waals surface area contributed by atoms with Crippen molar-refractivity contribution in [1.82, 2.24) is 0 Å². The van der Waals surface area contributed by atoms with Crippen LogP contribution in [0.4, 0.5) is 4.39 Å². The second-order valence-corrected chi connectivity index (χ2v) is 5.52. The third-order valence-electron chi connectivity index (χ3n) is 3.23. The van der Waals surface area contributed by atoms with Gasteiger partial charge in [0, 0.05) is 11.1 Å². The van der Waals surface area contributed by atoms with Crippen LogP contribution in [0.25, 0.3) is 0 Å². The van der Waals surface area contributed by atoms with Gasteiger partial charge in [-0.2, -0.15) is 0 Å². The molecule has 20 heavy (non-hydrogen) atoms. The number of rotatable bonds is 5. The molecule has 0 radical (unpaired) electrons. The fraction of sp³-hybridized carbons (Fsp3) is 0.235. The Kier molecular flexibility index (Phi) is 5.07. The SMILES string of the molecule is CCCCc1ccc(C(=O)c2cccc(F)c2Br)cc1. The van der Waals surface area contributed by atoms with Gasteiger partial charge in [-0.1, -0.05) is 43.7 Å². The summed E-state index contributed by atoms with van der Waals surface area (Å²) in [4.78, 5) is 12.3. The number of hydrogen-bond acceptors (Lipinski definition) is 1. The van der Waals surface area contributed by atoms with Crippen molar-refractivity contribution >= 4 is 21.7 Å². The van der Waals surface area contributed by atoms with Crippen molar-refractivity contribution in [2.75, 3.05) is 0 Å². The highest BCUT2D eigenvalue weighted by Crippen LogP contribution is 2.23. The first-order valence-corrected chi connectivity index (χ1v) is 7.50. The van der Waals surface area contributed by atoms with Gasteiger partial charge in [0.1, 0.15) is 5.82 Å². The van der Waals surface area contributed by atoms with Gasteiger partial charge < -0.3 is 0 Å². The first-order valence-electron chi connectivity index (χ1n) is 6.71. The molecular weight excluding hydrogens is 319 g/mol. The Morgan fingerprint density at radius 1 is 1.15 bits per heavy atom. The molecule has 0 bridgehead atoms. The van der Waals surface area contributed by atoms with E-state index in [2.05, 4.69) is 22.9 Å². The Hall–Kier alpha value is -1.48. The number of halogens is 2. The zero-order valence-electron chi connectivity index (χ0n) is 11.3. The summed E-state index contributed by atoms with van der Waals surface area (Å²) in [7, 11) is 0. The Balaban J connectivity index is 2.23. The number of unbranched alkanes of at least 4 members (excludes halogenated alkanes) is 1. The van der Waals surface area contributed by atoms with E-state index in [-0.39, 0.29) is 10.3 Å². The van der Waals surface area contributed by atoms with E-state index >= 15 is 0 Å². The third-order valence-corrected chi connectivity index (χ3v) is 4.04. The van der Waals surface area contributed by atoms with Crippen molar-refractivity contribution in [1.29, 1.82) is 0 Å². The normalized spacial score (nSPS) is 10.6. The second kappa shape index (κ2) is 6.80. The molecule has 104 valence electrons. The standard InChI is InChI=1S/C17H16BrFO/c1-2-3-5-12-8-10-13(11-9-12)17(20)14-6-4-7-15(19)16(14)18/h4,6-11H,2-3,5H2,1H3. The van der Waals surface area contributed by atoms with E-state index < -0.39 is 5.82 Å². The summed E-state index contributed by atoms with van der Waals surface area (Å²) in [5, 5.41) is 0. The molecule has 0 aliphatic rings. The lowest BCUT2D eigenvalue weighted by molar-refractivity contribution is 0.103. The van der Waals surface area contributed by atoms with E-state index in [0.717, 1.165) is 19.3 Å². The number of benzene rings is 2. The predicted octanol–water partition coefficient (Wildman–Crippen LogP) is 5.16. The molecule has 0 aliphatic carbocycles. The highest BCUT2D eigenvalue weighted by atomic mass is 79.9. The van der Waals surface area contributed by atoms with E-state index in [1.165, 1.54) is 11.6 Å². The number of carbonyl (C=O) groups excluding carboxylic acids is 1. The van der Waals surface area contributed by atoms with Gasteiger partial charge in [-0.05, 0) is 46.5 Å². The summed E-state index contributed by atoms with van der Waals surface area (Å²) in [5.41, 5.74) is 2.16. The summed E-state index contributed by atoms with van der Waals surface area (Å²) in [6, 6.07) is 12.1. The van der Waals surface area contributed by atoms with Crippen LogP contribution in [0.1, 0.15) is 41.3 Å². The van der Waals surface area contributed by atoms with Crippen molar-refractivity contribution in [3.63, 3.8) is 0 Å². The maximum Gasteiger partial charge on any atom is 0.194 e.